The first kappa shape index (κ1) is 19.2. The number of nitrogens with zero attached hydrogens (tertiary/aromatic N) is 1. The molecule has 2 rings (SSSR count). The molecule has 2 aromatic rings. The molecule has 0 fully saturated rings. The van der Waals surface area contributed by atoms with Crippen LogP contribution in [0.15, 0.2) is 35.4 Å². The Bertz CT molecular complexity index is 771. The molecule has 0 aliphatic carbocycles. The fraction of sp³-hybridized carbons (Fsp3) is 0.143. The predicted octanol–water partition coefficient (Wildman–Crippen LogP) is 5.79. The van der Waals surface area contributed by atoms with Gasteiger partial charge in [-0.3, -0.25) is 4.79 Å². The van der Waals surface area contributed by atoms with E-state index in [-0.39, 0.29) is 16.6 Å². The third-order valence-electron chi connectivity index (χ3n) is 2.68. The number of hydrogen-bond acceptors (Lipinski definition) is 3. The number of carbonyl (C=O) groups is 1. The zero-order valence-corrected chi connectivity index (χ0v) is 14.7. The van der Waals surface area contributed by atoms with Crippen LogP contribution in [0.2, 0.25) is 15.1 Å². The molecule has 0 saturated heterocycles. The Morgan fingerprint density at radius 3 is 2.50 bits per heavy atom. The van der Waals surface area contributed by atoms with Crippen LogP contribution in [0.3, 0.4) is 0 Å². The summed E-state index contributed by atoms with van der Waals surface area (Å²) in [5, 5.41) is 2.95. The second kappa shape index (κ2) is 7.82. The van der Waals surface area contributed by atoms with Gasteiger partial charge in [-0.25, -0.2) is 4.98 Å². The summed E-state index contributed by atoms with van der Waals surface area (Å²) >= 11 is 18.7. The molecule has 1 heterocycles. The number of alkyl halides is 3. The largest absolute Gasteiger partial charge is 0.417 e. The molecular formula is C14H8Cl3F3N2OS. The van der Waals surface area contributed by atoms with Crippen LogP contribution in [0.5, 0.6) is 0 Å². The van der Waals surface area contributed by atoms with Crippen molar-refractivity contribution in [1.29, 1.82) is 0 Å². The summed E-state index contributed by atoms with van der Waals surface area (Å²) in [6.07, 6.45) is -3.96. The van der Waals surface area contributed by atoms with Crippen molar-refractivity contribution in [1.82, 2.24) is 4.98 Å². The number of aromatic nitrogens is 1. The van der Waals surface area contributed by atoms with Gasteiger partial charge in [0.25, 0.3) is 0 Å². The highest BCUT2D eigenvalue weighted by atomic mass is 35.5. The van der Waals surface area contributed by atoms with Crippen LogP contribution < -0.4 is 5.32 Å². The normalized spacial score (nSPS) is 11.4. The van der Waals surface area contributed by atoms with Crippen LogP contribution in [0.25, 0.3) is 0 Å². The van der Waals surface area contributed by atoms with E-state index >= 15 is 0 Å². The molecular weight excluding hydrogens is 408 g/mol. The Morgan fingerprint density at radius 1 is 1.17 bits per heavy atom. The summed E-state index contributed by atoms with van der Waals surface area (Å²) < 4.78 is 37.6. The van der Waals surface area contributed by atoms with Crippen LogP contribution >= 0.6 is 46.6 Å². The van der Waals surface area contributed by atoms with E-state index in [1.165, 1.54) is 0 Å². The highest BCUT2D eigenvalue weighted by Gasteiger charge is 2.31. The van der Waals surface area contributed by atoms with Gasteiger partial charge >= 0.3 is 6.18 Å². The van der Waals surface area contributed by atoms with E-state index < -0.39 is 17.6 Å². The summed E-state index contributed by atoms with van der Waals surface area (Å²) in [5.74, 6) is -0.684. The molecule has 1 amide bonds. The van der Waals surface area contributed by atoms with E-state index in [2.05, 4.69) is 10.3 Å². The third-order valence-corrected chi connectivity index (χ3v) is 4.70. The van der Waals surface area contributed by atoms with Crippen LogP contribution in [-0.2, 0) is 11.0 Å². The molecule has 1 N–H and O–H groups in total. The lowest BCUT2D eigenvalue weighted by Crippen LogP contribution is -2.16. The van der Waals surface area contributed by atoms with Gasteiger partial charge in [-0.2, -0.15) is 13.2 Å². The van der Waals surface area contributed by atoms with Gasteiger partial charge < -0.3 is 5.32 Å². The van der Waals surface area contributed by atoms with E-state index in [0.29, 0.717) is 27.2 Å². The number of rotatable bonds is 4. The van der Waals surface area contributed by atoms with Gasteiger partial charge in [0, 0.05) is 16.1 Å². The van der Waals surface area contributed by atoms with Crippen molar-refractivity contribution in [3.05, 3.63) is 51.1 Å². The Kier molecular flexibility index (Phi) is 6.25. The minimum absolute atomic E-state index is 0.0426. The standard InChI is InChI=1S/C14H8Cl3F3N2OS/c15-8-1-2-9(16)11(4-8)24-6-12(23)22-13-10(17)3-7(5-21-13)14(18,19)20/h1-5H,6H2,(H,21,22,23). The summed E-state index contributed by atoms with van der Waals surface area (Å²) in [5.41, 5.74) is -0.995. The van der Waals surface area contributed by atoms with Gasteiger partial charge in [-0.05, 0) is 24.3 Å². The molecule has 0 spiro atoms. The van der Waals surface area contributed by atoms with E-state index in [1.54, 1.807) is 18.2 Å². The molecule has 10 heteroatoms. The minimum Gasteiger partial charge on any atom is -0.309 e. The van der Waals surface area contributed by atoms with Crippen LogP contribution in [0, 0.1) is 0 Å². The van der Waals surface area contributed by atoms with Crippen molar-refractivity contribution in [2.24, 2.45) is 0 Å². The number of hydrogen-bond donors (Lipinski definition) is 1. The SMILES string of the molecule is O=C(CSc1cc(Cl)ccc1Cl)Nc1ncc(C(F)(F)F)cc1Cl. The third kappa shape index (κ3) is 5.17. The summed E-state index contributed by atoms with van der Waals surface area (Å²) in [7, 11) is 0. The van der Waals surface area contributed by atoms with Crippen molar-refractivity contribution in [3.63, 3.8) is 0 Å². The molecule has 0 atom stereocenters. The van der Waals surface area contributed by atoms with E-state index in [9.17, 15) is 18.0 Å². The molecule has 24 heavy (non-hydrogen) atoms. The number of benzene rings is 1. The zero-order valence-electron chi connectivity index (χ0n) is 11.6. The molecule has 0 aliphatic rings. The van der Waals surface area contributed by atoms with E-state index in [1.807, 2.05) is 0 Å². The second-order valence-electron chi connectivity index (χ2n) is 4.46. The molecule has 1 aromatic carbocycles. The number of carbonyl (C=O) groups excluding carboxylic acids is 1. The first-order valence-corrected chi connectivity index (χ1v) is 8.39. The van der Waals surface area contributed by atoms with Gasteiger partial charge in [0.1, 0.15) is 0 Å². The van der Waals surface area contributed by atoms with E-state index in [0.717, 1.165) is 11.8 Å². The lowest BCUT2D eigenvalue weighted by Gasteiger charge is -2.10. The quantitative estimate of drug-likeness (QED) is 0.643. The molecule has 0 saturated carbocycles. The highest BCUT2D eigenvalue weighted by molar-refractivity contribution is 8.00. The molecule has 0 bridgehead atoms. The van der Waals surface area contributed by atoms with Gasteiger partial charge in [0.05, 0.1) is 21.4 Å². The molecule has 128 valence electrons. The van der Waals surface area contributed by atoms with Gasteiger partial charge in [-0.15, -0.1) is 11.8 Å². The van der Waals surface area contributed by atoms with E-state index in [4.69, 9.17) is 34.8 Å². The highest BCUT2D eigenvalue weighted by Crippen LogP contribution is 2.33. The first-order valence-electron chi connectivity index (χ1n) is 6.27. The number of amides is 1. The predicted molar refractivity (Wildman–Crippen MR) is 90.1 cm³/mol. The molecule has 0 unspecified atom stereocenters. The number of halogens is 6. The molecule has 0 radical (unpaired) electrons. The molecule has 1 aromatic heterocycles. The monoisotopic (exact) mass is 414 g/mol. The fourth-order valence-corrected chi connectivity index (χ4v) is 3.09. The molecule has 0 aliphatic heterocycles. The average Bonchev–Trinajstić information content (AvgIpc) is 2.49. The number of nitrogens with one attached hydrogen (secondary N) is 1. The van der Waals surface area contributed by atoms with Crippen LogP contribution in [-0.4, -0.2) is 16.6 Å². The number of thioether (sulfide) groups is 1. The summed E-state index contributed by atoms with van der Waals surface area (Å²) in [6, 6.07) is 5.51. The lowest BCUT2D eigenvalue weighted by molar-refractivity contribution is -0.137. The van der Waals surface area contributed by atoms with Crippen molar-refractivity contribution in [2.75, 3.05) is 11.1 Å². The van der Waals surface area contributed by atoms with Crippen LogP contribution in [0.4, 0.5) is 19.0 Å². The van der Waals surface area contributed by atoms with Crippen molar-refractivity contribution in [3.8, 4) is 0 Å². The fourth-order valence-electron chi connectivity index (χ4n) is 1.58. The van der Waals surface area contributed by atoms with Gasteiger partial charge in [0.15, 0.2) is 5.82 Å². The van der Waals surface area contributed by atoms with Crippen molar-refractivity contribution in [2.45, 2.75) is 11.1 Å². The Hall–Kier alpha value is -1.15. The average molecular weight is 416 g/mol. The number of anilines is 1. The Balaban J connectivity index is 2.01. The first-order chi connectivity index (χ1) is 11.2. The zero-order chi connectivity index (χ0) is 17.9. The molecule has 3 nitrogen and oxygen atoms in total. The summed E-state index contributed by atoms with van der Waals surface area (Å²) in [6.45, 7) is 0. The Labute approximate surface area is 154 Å². The Morgan fingerprint density at radius 2 is 1.88 bits per heavy atom. The summed E-state index contributed by atoms with van der Waals surface area (Å²) in [4.78, 5) is 16.0. The minimum atomic E-state index is -4.56. The smallest absolute Gasteiger partial charge is 0.309 e. The maximum atomic E-state index is 12.5. The van der Waals surface area contributed by atoms with Crippen molar-refractivity contribution >= 4 is 58.3 Å². The lowest BCUT2D eigenvalue weighted by atomic mass is 10.3. The van der Waals surface area contributed by atoms with Crippen molar-refractivity contribution < 1.29 is 18.0 Å². The second-order valence-corrected chi connectivity index (χ2v) is 6.73. The van der Waals surface area contributed by atoms with Gasteiger partial charge in [-0.1, -0.05) is 34.8 Å². The van der Waals surface area contributed by atoms with Crippen LogP contribution in [0.1, 0.15) is 5.56 Å². The van der Waals surface area contributed by atoms with Gasteiger partial charge in [0.2, 0.25) is 5.91 Å². The topological polar surface area (TPSA) is 42.0 Å². The maximum absolute atomic E-state index is 12.5. The maximum Gasteiger partial charge on any atom is 0.417 e. The number of pyridine rings is 1.